The van der Waals surface area contributed by atoms with Gasteiger partial charge in [0.15, 0.2) is 0 Å². The molecule has 0 aliphatic heterocycles. The van der Waals surface area contributed by atoms with Crippen molar-refractivity contribution in [2.45, 2.75) is 26.7 Å². The molecule has 0 amide bonds. The van der Waals surface area contributed by atoms with Gasteiger partial charge in [-0.3, -0.25) is 0 Å². The molecule has 0 aliphatic carbocycles. The lowest BCUT2D eigenvalue weighted by Gasteiger charge is -1.97. The van der Waals surface area contributed by atoms with Gasteiger partial charge < -0.3 is 4.74 Å². The van der Waals surface area contributed by atoms with Crippen molar-refractivity contribution in [1.82, 2.24) is 0 Å². The molecule has 0 aromatic heterocycles. The van der Waals surface area contributed by atoms with Crippen molar-refractivity contribution in [2.75, 3.05) is 6.61 Å². The normalized spacial score (nSPS) is 7.86. The summed E-state index contributed by atoms with van der Waals surface area (Å²) < 4.78 is 4.67. The highest BCUT2D eigenvalue weighted by Gasteiger charge is 1.91. The van der Waals surface area contributed by atoms with Crippen LogP contribution in [0.1, 0.15) is 26.7 Å². The predicted molar refractivity (Wildman–Crippen MR) is 61.1 cm³/mol. The van der Waals surface area contributed by atoms with Crippen molar-refractivity contribution in [3.8, 4) is 0 Å². The summed E-state index contributed by atoms with van der Waals surface area (Å²) in [5.41, 5.74) is 1.02. The Kier molecular flexibility index (Phi) is 12.7. The number of hydrogen-bond donors (Lipinski definition) is 0. The van der Waals surface area contributed by atoms with Crippen LogP contribution >= 0.6 is 0 Å². The summed E-state index contributed by atoms with van der Waals surface area (Å²) in [6.45, 7) is 14.7. The van der Waals surface area contributed by atoms with Crippen molar-refractivity contribution < 1.29 is 9.53 Å². The zero-order valence-electron chi connectivity index (χ0n) is 9.21. The molecule has 14 heavy (non-hydrogen) atoms. The van der Waals surface area contributed by atoms with E-state index >= 15 is 0 Å². The van der Waals surface area contributed by atoms with Crippen LogP contribution in [-0.2, 0) is 9.53 Å². The van der Waals surface area contributed by atoms with E-state index < -0.39 is 0 Å². The van der Waals surface area contributed by atoms with Gasteiger partial charge in [-0.25, -0.2) is 4.79 Å². The molecule has 0 N–H and O–H groups in total. The van der Waals surface area contributed by atoms with Crippen LogP contribution in [0, 0.1) is 0 Å². The fourth-order valence-electron chi connectivity index (χ4n) is 0.376. The highest BCUT2D eigenvalue weighted by molar-refractivity contribution is 5.81. The molecule has 0 rings (SSSR count). The summed E-state index contributed by atoms with van der Waals surface area (Å²) >= 11 is 0. The van der Waals surface area contributed by atoms with Crippen molar-refractivity contribution in [3.63, 3.8) is 0 Å². The fraction of sp³-hybridized carbons (Fsp3) is 0.417. The first-order valence-corrected chi connectivity index (χ1v) is 4.65. The SMILES string of the molecule is C=CC(=C)C.C=CC(=O)OCCCC. The maximum atomic E-state index is 10.3. The van der Waals surface area contributed by atoms with E-state index in [1.54, 1.807) is 6.08 Å². The quantitative estimate of drug-likeness (QED) is 0.292. The molecule has 2 nitrogen and oxygen atoms in total. The number of allylic oxidation sites excluding steroid dienone is 2. The highest BCUT2D eigenvalue weighted by Crippen LogP contribution is 1.88. The van der Waals surface area contributed by atoms with E-state index in [-0.39, 0.29) is 5.97 Å². The fourth-order valence-corrected chi connectivity index (χ4v) is 0.376. The average molecular weight is 196 g/mol. The minimum atomic E-state index is -0.330. The van der Waals surface area contributed by atoms with Crippen LogP contribution in [0.15, 0.2) is 37.5 Å². The molecule has 0 aromatic carbocycles. The summed E-state index contributed by atoms with van der Waals surface area (Å²) in [5.74, 6) is -0.330. The second-order valence-electron chi connectivity index (χ2n) is 2.78. The van der Waals surface area contributed by atoms with Crippen LogP contribution in [0.5, 0.6) is 0 Å². The Balaban J connectivity index is 0. The van der Waals surface area contributed by atoms with Crippen LogP contribution in [-0.4, -0.2) is 12.6 Å². The third kappa shape index (κ3) is 17.0. The third-order valence-corrected chi connectivity index (χ3v) is 1.26. The Labute approximate surface area is 87.0 Å². The number of ether oxygens (including phenoxy) is 1. The van der Waals surface area contributed by atoms with Crippen LogP contribution in [0.3, 0.4) is 0 Å². The van der Waals surface area contributed by atoms with Crippen LogP contribution < -0.4 is 0 Å². The Hall–Kier alpha value is -1.31. The van der Waals surface area contributed by atoms with Crippen LogP contribution in [0.2, 0.25) is 0 Å². The first-order valence-electron chi connectivity index (χ1n) is 4.65. The summed E-state index contributed by atoms with van der Waals surface area (Å²) in [7, 11) is 0. The zero-order chi connectivity index (χ0) is 11.4. The monoisotopic (exact) mass is 196 g/mol. The standard InChI is InChI=1S/C7H12O2.C5H8/c1-3-5-6-9-7(8)4-2;1-4-5(2)3/h4H,2-3,5-6H2,1H3;4H,1-2H2,3H3. The van der Waals surface area contributed by atoms with E-state index in [0.717, 1.165) is 18.4 Å². The second-order valence-corrected chi connectivity index (χ2v) is 2.78. The van der Waals surface area contributed by atoms with E-state index in [2.05, 4.69) is 24.5 Å². The third-order valence-electron chi connectivity index (χ3n) is 1.26. The molecule has 0 aliphatic rings. The molecule has 0 heterocycles. The molecule has 0 spiro atoms. The first-order chi connectivity index (χ1) is 6.58. The molecule has 0 aromatic rings. The Bertz CT molecular complexity index is 192. The van der Waals surface area contributed by atoms with E-state index in [1.165, 1.54) is 6.08 Å². The minimum Gasteiger partial charge on any atom is -0.463 e. The van der Waals surface area contributed by atoms with Crippen LogP contribution in [0.25, 0.3) is 0 Å². The minimum absolute atomic E-state index is 0.330. The highest BCUT2D eigenvalue weighted by atomic mass is 16.5. The largest absolute Gasteiger partial charge is 0.463 e. The molecule has 0 atom stereocenters. The van der Waals surface area contributed by atoms with E-state index in [1.807, 2.05) is 13.8 Å². The van der Waals surface area contributed by atoms with Gasteiger partial charge in [0.25, 0.3) is 0 Å². The first kappa shape index (κ1) is 15.2. The lowest BCUT2D eigenvalue weighted by Crippen LogP contribution is -2.00. The number of hydrogen-bond acceptors (Lipinski definition) is 2. The molecule has 0 bridgehead atoms. The average Bonchev–Trinajstić information content (AvgIpc) is 2.19. The van der Waals surface area contributed by atoms with Crippen molar-refractivity contribution in [2.24, 2.45) is 0 Å². The number of carbonyl (C=O) groups excluding carboxylic acids is 1. The van der Waals surface area contributed by atoms with E-state index in [0.29, 0.717) is 6.61 Å². The predicted octanol–water partition coefficient (Wildman–Crippen LogP) is 3.26. The van der Waals surface area contributed by atoms with Gasteiger partial charge in [0.1, 0.15) is 0 Å². The smallest absolute Gasteiger partial charge is 0.330 e. The molecular formula is C12H20O2. The van der Waals surface area contributed by atoms with Crippen LogP contribution in [0.4, 0.5) is 0 Å². The Morgan fingerprint density at radius 2 is 1.86 bits per heavy atom. The summed E-state index contributed by atoms with van der Waals surface area (Å²) in [4.78, 5) is 10.3. The molecule has 0 saturated heterocycles. The summed E-state index contributed by atoms with van der Waals surface area (Å²) in [5, 5.41) is 0. The maximum absolute atomic E-state index is 10.3. The van der Waals surface area contributed by atoms with E-state index in [4.69, 9.17) is 0 Å². The van der Waals surface area contributed by atoms with E-state index in [9.17, 15) is 4.79 Å². The van der Waals surface area contributed by atoms with Gasteiger partial charge in [-0.05, 0) is 13.3 Å². The maximum Gasteiger partial charge on any atom is 0.330 e. The molecule has 0 saturated carbocycles. The Morgan fingerprint density at radius 3 is 2.14 bits per heavy atom. The van der Waals surface area contributed by atoms with Crippen molar-refractivity contribution >= 4 is 5.97 Å². The Morgan fingerprint density at radius 1 is 1.36 bits per heavy atom. The van der Waals surface area contributed by atoms with Gasteiger partial charge in [0, 0.05) is 6.08 Å². The lowest BCUT2D eigenvalue weighted by molar-refractivity contribution is -0.137. The number of carbonyl (C=O) groups is 1. The lowest BCUT2D eigenvalue weighted by atomic mass is 10.4. The van der Waals surface area contributed by atoms with Gasteiger partial charge in [0.05, 0.1) is 6.61 Å². The summed E-state index contributed by atoms with van der Waals surface area (Å²) in [6, 6.07) is 0. The van der Waals surface area contributed by atoms with Gasteiger partial charge in [0.2, 0.25) is 0 Å². The van der Waals surface area contributed by atoms with Gasteiger partial charge >= 0.3 is 5.97 Å². The number of rotatable bonds is 5. The topological polar surface area (TPSA) is 26.3 Å². The summed E-state index contributed by atoms with van der Waals surface area (Å²) in [6.07, 6.45) is 4.87. The molecule has 0 fully saturated rings. The molecule has 2 heteroatoms. The van der Waals surface area contributed by atoms with Gasteiger partial charge in [-0.2, -0.15) is 0 Å². The molecular weight excluding hydrogens is 176 g/mol. The number of unbranched alkanes of at least 4 members (excludes halogenated alkanes) is 1. The van der Waals surface area contributed by atoms with Gasteiger partial charge in [-0.15, -0.1) is 0 Å². The molecule has 0 unspecified atom stereocenters. The number of esters is 1. The molecule has 80 valence electrons. The van der Waals surface area contributed by atoms with Gasteiger partial charge in [-0.1, -0.05) is 44.7 Å². The van der Waals surface area contributed by atoms with Crippen molar-refractivity contribution in [1.29, 1.82) is 0 Å². The second kappa shape index (κ2) is 11.7. The zero-order valence-corrected chi connectivity index (χ0v) is 9.21. The molecule has 0 radical (unpaired) electrons. The van der Waals surface area contributed by atoms with Crippen molar-refractivity contribution in [3.05, 3.63) is 37.5 Å².